The number of fused-ring (bicyclic) bond motifs is 2. The number of anilines is 1. The van der Waals surface area contributed by atoms with E-state index in [-0.39, 0.29) is 17.3 Å². The van der Waals surface area contributed by atoms with E-state index in [1.807, 2.05) is 31.2 Å². The highest BCUT2D eigenvalue weighted by molar-refractivity contribution is 9.10. The smallest absolute Gasteiger partial charge is 0.296 e. The molecule has 1 aliphatic heterocycles. The Hall–Kier alpha value is -4.24. The number of aromatic amines is 1. The lowest BCUT2D eigenvalue weighted by atomic mass is 9.98. The van der Waals surface area contributed by atoms with Crippen molar-refractivity contribution in [3.05, 3.63) is 99.7 Å². The van der Waals surface area contributed by atoms with Crippen molar-refractivity contribution in [2.45, 2.75) is 13.0 Å². The highest BCUT2D eigenvalue weighted by atomic mass is 79.9. The lowest BCUT2D eigenvalue weighted by Gasteiger charge is -2.23. The van der Waals surface area contributed by atoms with Gasteiger partial charge in [0.25, 0.3) is 5.91 Å². The zero-order chi connectivity index (χ0) is 24.3. The van der Waals surface area contributed by atoms with Crippen LogP contribution < -0.4 is 4.90 Å². The average Bonchev–Trinajstić information content (AvgIpc) is 3.53. The van der Waals surface area contributed by atoms with Crippen molar-refractivity contribution >= 4 is 55.6 Å². The van der Waals surface area contributed by atoms with E-state index in [1.54, 1.807) is 42.6 Å². The third kappa shape index (κ3) is 3.43. The predicted molar refractivity (Wildman–Crippen MR) is 133 cm³/mol. The summed E-state index contributed by atoms with van der Waals surface area (Å²) in [5.74, 6) is -1.81. The minimum atomic E-state index is -1.00. The van der Waals surface area contributed by atoms with Gasteiger partial charge in [-0.1, -0.05) is 28.1 Å². The number of H-pyrrole nitrogens is 1. The number of imidazole rings is 1. The van der Waals surface area contributed by atoms with Gasteiger partial charge >= 0.3 is 0 Å². The number of aliphatic hydroxyl groups excluding tert-OH is 1. The lowest BCUT2D eigenvalue weighted by Crippen LogP contribution is -2.32. The molecule has 0 fully saturated rings. The molecule has 5 aromatic rings. The highest BCUT2D eigenvalue weighted by Gasteiger charge is 2.47. The molecule has 0 radical (unpaired) electrons. The molecule has 3 aromatic heterocycles. The summed E-state index contributed by atoms with van der Waals surface area (Å²) in [6.45, 7) is 1.95. The molecule has 2 aromatic carbocycles. The van der Waals surface area contributed by atoms with E-state index >= 15 is 0 Å². The van der Waals surface area contributed by atoms with Crippen molar-refractivity contribution in [2.75, 3.05) is 4.90 Å². The monoisotopic (exact) mass is 528 g/mol. The van der Waals surface area contributed by atoms with Crippen molar-refractivity contribution in [2.24, 2.45) is 0 Å². The van der Waals surface area contributed by atoms with Crippen molar-refractivity contribution < 1.29 is 19.1 Å². The molecular formula is C26H17BrN4O4. The third-order valence-corrected chi connectivity index (χ3v) is 6.47. The van der Waals surface area contributed by atoms with Crippen LogP contribution in [0.1, 0.15) is 27.9 Å². The molecule has 0 saturated heterocycles. The van der Waals surface area contributed by atoms with E-state index < -0.39 is 23.5 Å². The first-order valence-corrected chi connectivity index (χ1v) is 11.6. The van der Waals surface area contributed by atoms with Crippen LogP contribution in [0.15, 0.2) is 87.1 Å². The minimum Gasteiger partial charge on any atom is -0.503 e. The Kier molecular flexibility index (Phi) is 4.82. The van der Waals surface area contributed by atoms with Crippen LogP contribution in [0.5, 0.6) is 0 Å². The van der Waals surface area contributed by atoms with Gasteiger partial charge < -0.3 is 14.5 Å². The first kappa shape index (κ1) is 21.3. The number of Topliss-reactive ketones (excluding diaryl/α,β-unsaturated/α-hetero) is 1. The molecule has 4 heterocycles. The van der Waals surface area contributed by atoms with Crippen molar-refractivity contribution in [1.82, 2.24) is 15.0 Å². The summed E-state index contributed by atoms with van der Waals surface area (Å²) in [6, 6.07) is 16.8. The number of hydrogen-bond acceptors (Lipinski definition) is 6. The maximum absolute atomic E-state index is 13.7. The molecule has 0 bridgehead atoms. The number of nitrogens with one attached hydrogen (secondary N) is 1. The van der Waals surface area contributed by atoms with Gasteiger partial charge in [0, 0.05) is 16.1 Å². The van der Waals surface area contributed by atoms with Crippen LogP contribution in [0.3, 0.4) is 0 Å². The average molecular weight is 529 g/mol. The van der Waals surface area contributed by atoms with Crippen LogP contribution >= 0.6 is 15.9 Å². The fourth-order valence-electron chi connectivity index (χ4n) is 4.36. The summed E-state index contributed by atoms with van der Waals surface area (Å²) >= 11 is 3.41. The van der Waals surface area contributed by atoms with Crippen LogP contribution in [0, 0.1) is 6.92 Å². The fraction of sp³-hybridized carbons (Fsp3) is 0.0769. The van der Waals surface area contributed by atoms with E-state index in [2.05, 4.69) is 30.9 Å². The van der Waals surface area contributed by atoms with Gasteiger partial charge in [-0.25, -0.2) is 4.98 Å². The van der Waals surface area contributed by atoms with Crippen LogP contribution in [-0.4, -0.2) is 31.7 Å². The van der Waals surface area contributed by atoms with Crippen LogP contribution in [0.25, 0.3) is 22.0 Å². The number of amides is 1. The Bertz CT molecular complexity index is 1690. The molecule has 1 atom stereocenters. The quantitative estimate of drug-likeness (QED) is 0.295. The molecule has 2 N–H and O–H groups in total. The molecule has 35 heavy (non-hydrogen) atoms. The number of benzene rings is 2. The molecule has 1 amide bonds. The standard InChI is InChI=1S/C26H17BrN4O4/c1-13-5-7-16-18(10-13)30-26(29-16)31-22(17-4-2-3-9-28-17)21(24(33)25(31)34)23(32)20-12-14-11-15(27)6-8-19(14)35-20/h2-12,22,33H,1H3,(H,29,30). The Labute approximate surface area is 207 Å². The summed E-state index contributed by atoms with van der Waals surface area (Å²) in [7, 11) is 0. The molecule has 1 aliphatic rings. The molecule has 172 valence electrons. The molecular weight excluding hydrogens is 512 g/mol. The van der Waals surface area contributed by atoms with Crippen LogP contribution in [0.2, 0.25) is 0 Å². The maximum Gasteiger partial charge on any atom is 0.296 e. The second kappa shape index (κ2) is 7.92. The number of carbonyl (C=O) groups is 2. The van der Waals surface area contributed by atoms with Gasteiger partial charge in [0.2, 0.25) is 11.7 Å². The SMILES string of the molecule is Cc1ccc2nc(N3C(=O)C(O)=C(C(=O)c4cc5cc(Br)ccc5o4)C3c3ccccn3)[nH]c2c1. The van der Waals surface area contributed by atoms with Gasteiger partial charge in [-0.3, -0.25) is 19.5 Å². The van der Waals surface area contributed by atoms with E-state index in [0.717, 1.165) is 15.6 Å². The predicted octanol–water partition coefficient (Wildman–Crippen LogP) is 5.56. The number of aromatic nitrogens is 3. The van der Waals surface area contributed by atoms with Gasteiger partial charge in [-0.15, -0.1) is 0 Å². The Morgan fingerprint density at radius 1 is 1.14 bits per heavy atom. The molecule has 0 spiro atoms. The number of hydrogen-bond donors (Lipinski definition) is 2. The number of rotatable bonds is 4. The summed E-state index contributed by atoms with van der Waals surface area (Å²) in [5, 5.41) is 11.7. The second-order valence-electron chi connectivity index (χ2n) is 8.30. The summed E-state index contributed by atoms with van der Waals surface area (Å²) in [4.78, 5) is 40.4. The van der Waals surface area contributed by atoms with Crippen LogP contribution in [-0.2, 0) is 4.79 Å². The van der Waals surface area contributed by atoms with Gasteiger partial charge in [0.1, 0.15) is 11.6 Å². The van der Waals surface area contributed by atoms with E-state index in [0.29, 0.717) is 22.2 Å². The largest absolute Gasteiger partial charge is 0.503 e. The Balaban J connectivity index is 1.50. The Morgan fingerprint density at radius 2 is 2.00 bits per heavy atom. The highest BCUT2D eigenvalue weighted by Crippen LogP contribution is 2.41. The van der Waals surface area contributed by atoms with Crippen LogP contribution in [0.4, 0.5) is 5.95 Å². The van der Waals surface area contributed by atoms with E-state index in [4.69, 9.17) is 4.42 Å². The molecule has 8 nitrogen and oxygen atoms in total. The number of ketones is 1. The van der Waals surface area contributed by atoms with Crippen molar-refractivity contribution in [3.8, 4) is 0 Å². The van der Waals surface area contributed by atoms with Gasteiger partial charge in [0.15, 0.2) is 11.5 Å². The van der Waals surface area contributed by atoms with Gasteiger partial charge in [0.05, 0.1) is 22.3 Å². The topological polar surface area (TPSA) is 112 Å². The van der Waals surface area contributed by atoms with E-state index in [9.17, 15) is 14.7 Å². The first-order chi connectivity index (χ1) is 16.9. The summed E-state index contributed by atoms with van der Waals surface area (Å²) < 4.78 is 6.61. The molecule has 9 heteroatoms. The number of furan rings is 1. The minimum absolute atomic E-state index is 0.00969. The molecule has 1 unspecified atom stereocenters. The number of pyridine rings is 1. The zero-order valence-corrected chi connectivity index (χ0v) is 19.9. The third-order valence-electron chi connectivity index (χ3n) is 5.98. The van der Waals surface area contributed by atoms with Crippen molar-refractivity contribution in [3.63, 3.8) is 0 Å². The number of aliphatic hydroxyl groups is 1. The first-order valence-electron chi connectivity index (χ1n) is 10.8. The van der Waals surface area contributed by atoms with Gasteiger partial charge in [-0.05, 0) is 61.0 Å². The lowest BCUT2D eigenvalue weighted by molar-refractivity contribution is -0.117. The molecule has 0 aliphatic carbocycles. The second-order valence-corrected chi connectivity index (χ2v) is 9.21. The number of nitrogens with zero attached hydrogens (tertiary/aromatic N) is 3. The number of carbonyl (C=O) groups excluding carboxylic acids is 2. The summed E-state index contributed by atoms with van der Waals surface area (Å²) in [5.41, 5.74) is 3.21. The normalized spacial score (nSPS) is 16.1. The van der Waals surface area contributed by atoms with E-state index in [1.165, 1.54) is 4.90 Å². The molecule has 0 saturated carbocycles. The Morgan fingerprint density at radius 3 is 2.80 bits per heavy atom. The van der Waals surface area contributed by atoms with Gasteiger partial charge in [-0.2, -0.15) is 0 Å². The molecule has 6 rings (SSSR count). The van der Waals surface area contributed by atoms with Crippen molar-refractivity contribution in [1.29, 1.82) is 0 Å². The number of halogens is 1. The summed E-state index contributed by atoms with van der Waals surface area (Å²) in [6.07, 6.45) is 1.57. The zero-order valence-electron chi connectivity index (χ0n) is 18.3. The fourth-order valence-corrected chi connectivity index (χ4v) is 4.73. The maximum atomic E-state index is 13.7. The number of aryl methyl sites for hydroxylation is 1.